The van der Waals surface area contributed by atoms with Crippen molar-refractivity contribution in [2.45, 2.75) is 90.3 Å². The van der Waals surface area contributed by atoms with Crippen LogP contribution in [0, 0.1) is 0 Å². The van der Waals surface area contributed by atoms with E-state index >= 15 is 0 Å². The van der Waals surface area contributed by atoms with Crippen LogP contribution in [0.25, 0.3) is 21.7 Å². The van der Waals surface area contributed by atoms with Gasteiger partial charge in [0.05, 0.1) is 11.2 Å². The van der Waals surface area contributed by atoms with Gasteiger partial charge in [-0.2, -0.15) is 0 Å². The van der Waals surface area contributed by atoms with Crippen LogP contribution in [0.1, 0.15) is 90.2 Å². The van der Waals surface area contributed by atoms with Crippen LogP contribution in [0.2, 0.25) is 0 Å². The van der Waals surface area contributed by atoms with Crippen molar-refractivity contribution in [1.29, 1.82) is 0 Å². The average molecular weight is 404 g/mol. The molecule has 2 fully saturated rings. The van der Waals surface area contributed by atoms with Crippen LogP contribution in [-0.4, -0.2) is 18.3 Å². The fourth-order valence-corrected chi connectivity index (χ4v) is 5.09. The van der Waals surface area contributed by atoms with Gasteiger partial charge in [0, 0.05) is 10.9 Å². The molecule has 158 valence electrons. The van der Waals surface area contributed by atoms with Crippen molar-refractivity contribution in [3.8, 4) is 0 Å². The molecule has 0 amide bonds. The van der Waals surface area contributed by atoms with Gasteiger partial charge in [-0.1, -0.05) is 51.0 Å². The summed E-state index contributed by atoms with van der Waals surface area (Å²) in [7, 11) is -0.456. The van der Waals surface area contributed by atoms with Gasteiger partial charge in [-0.3, -0.25) is 0 Å². The first-order valence-electron chi connectivity index (χ1n) is 11.5. The van der Waals surface area contributed by atoms with E-state index < -0.39 is 7.12 Å². The van der Waals surface area contributed by atoms with Gasteiger partial charge in [0.15, 0.2) is 0 Å². The summed E-state index contributed by atoms with van der Waals surface area (Å²) in [5.41, 5.74) is 3.78. The Hall–Kier alpha value is -1.78. The van der Waals surface area contributed by atoms with Crippen LogP contribution in [0.4, 0.5) is 0 Å². The quantitative estimate of drug-likeness (QED) is 0.457. The second-order valence-electron chi connectivity index (χ2n) is 10.5. The molecule has 1 aromatic heterocycles. The zero-order chi connectivity index (χ0) is 21.3. The second-order valence-corrected chi connectivity index (χ2v) is 10.5. The van der Waals surface area contributed by atoms with E-state index in [1.165, 1.54) is 53.0 Å². The summed E-state index contributed by atoms with van der Waals surface area (Å²) in [6.45, 7) is 12.9. The molecule has 4 heteroatoms. The first kappa shape index (κ1) is 20.1. The second kappa shape index (κ2) is 6.86. The molecule has 2 heterocycles. The fraction of sp³-hybridized carbons (Fsp3) is 0.538. The summed E-state index contributed by atoms with van der Waals surface area (Å²) >= 11 is 0. The minimum atomic E-state index is -0.456. The molecule has 3 nitrogen and oxygen atoms in total. The summed E-state index contributed by atoms with van der Waals surface area (Å²) in [6, 6.07) is 11.2. The van der Waals surface area contributed by atoms with Gasteiger partial charge in [0.1, 0.15) is 11.2 Å². The normalized spacial score (nSPS) is 21.5. The summed E-state index contributed by atoms with van der Waals surface area (Å²) in [6.07, 6.45) is 4.98. The van der Waals surface area contributed by atoms with Gasteiger partial charge >= 0.3 is 7.12 Å². The number of hydrogen-bond donors (Lipinski definition) is 0. The third-order valence-corrected chi connectivity index (χ3v) is 7.66. The highest BCUT2D eigenvalue weighted by molar-refractivity contribution is 6.62. The highest BCUT2D eigenvalue weighted by atomic mass is 16.7. The predicted octanol–water partition coefficient (Wildman–Crippen LogP) is 6.67. The Bertz CT molecular complexity index is 1090. The zero-order valence-corrected chi connectivity index (χ0v) is 19.2. The predicted molar refractivity (Wildman–Crippen MR) is 125 cm³/mol. The number of hydrogen-bond acceptors (Lipinski definition) is 3. The molecular weight excluding hydrogens is 371 g/mol. The smallest absolute Gasteiger partial charge is 0.464 e. The van der Waals surface area contributed by atoms with E-state index in [-0.39, 0.29) is 11.2 Å². The van der Waals surface area contributed by atoms with Crippen molar-refractivity contribution in [3.63, 3.8) is 0 Å². The first-order chi connectivity index (χ1) is 14.2. The monoisotopic (exact) mass is 404 g/mol. The molecule has 0 atom stereocenters. The molecule has 2 aromatic carbocycles. The van der Waals surface area contributed by atoms with Crippen molar-refractivity contribution in [1.82, 2.24) is 0 Å². The van der Waals surface area contributed by atoms with Gasteiger partial charge in [0.2, 0.25) is 0 Å². The molecule has 30 heavy (non-hydrogen) atoms. The van der Waals surface area contributed by atoms with Crippen LogP contribution in [-0.2, 0) is 9.31 Å². The molecule has 1 saturated heterocycles. The van der Waals surface area contributed by atoms with Gasteiger partial charge in [-0.25, -0.2) is 0 Å². The number of benzene rings is 2. The van der Waals surface area contributed by atoms with Crippen molar-refractivity contribution in [3.05, 3.63) is 41.5 Å². The largest absolute Gasteiger partial charge is 0.533 e. The highest BCUT2D eigenvalue weighted by Crippen LogP contribution is 2.43. The fourth-order valence-electron chi connectivity index (χ4n) is 5.09. The SMILES string of the molecule is CC(C)c1ccc2c(ccc3oc(B4OC(C)(C)C(C)(C)O4)c(C4CCCC4)c32)c1. The molecule has 1 saturated carbocycles. The van der Waals surface area contributed by atoms with E-state index in [0.29, 0.717) is 11.8 Å². The Morgan fingerprint density at radius 3 is 2.23 bits per heavy atom. The lowest BCUT2D eigenvalue weighted by atomic mass is 9.77. The Kier molecular flexibility index (Phi) is 4.61. The van der Waals surface area contributed by atoms with Crippen LogP contribution < -0.4 is 5.66 Å². The van der Waals surface area contributed by atoms with E-state index in [4.69, 9.17) is 13.7 Å². The minimum Gasteiger partial charge on any atom is -0.464 e. The third-order valence-electron chi connectivity index (χ3n) is 7.66. The molecular formula is C26H33BO3. The summed E-state index contributed by atoms with van der Waals surface area (Å²) < 4.78 is 19.4. The summed E-state index contributed by atoms with van der Waals surface area (Å²) in [5, 5.41) is 3.83. The Balaban J connectivity index is 1.73. The lowest BCUT2D eigenvalue weighted by Gasteiger charge is -2.32. The molecule has 3 aromatic rings. The van der Waals surface area contributed by atoms with Gasteiger partial charge < -0.3 is 13.7 Å². The Morgan fingerprint density at radius 1 is 0.933 bits per heavy atom. The molecule has 5 rings (SSSR count). The first-order valence-corrected chi connectivity index (χ1v) is 11.5. The van der Waals surface area contributed by atoms with Crippen LogP contribution in [0.3, 0.4) is 0 Å². The van der Waals surface area contributed by atoms with E-state index in [2.05, 4.69) is 71.9 Å². The van der Waals surface area contributed by atoms with Crippen LogP contribution in [0.5, 0.6) is 0 Å². The lowest BCUT2D eigenvalue weighted by molar-refractivity contribution is 0.00578. The third kappa shape index (κ3) is 3.03. The lowest BCUT2D eigenvalue weighted by Crippen LogP contribution is -2.41. The van der Waals surface area contributed by atoms with Gasteiger partial charge in [0.25, 0.3) is 0 Å². The van der Waals surface area contributed by atoms with E-state index in [1.807, 2.05) is 0 Å². The van der Waals surface area contributed by atoms with Crippen molar-refractivity contribution >= 4 is 34.5 Å². The maximum atomic E-state index is 6.52. The number of rotatable bonds is 3. The number of furan rings is 1. The van der Waals surface area contributed by atoms with Crippen molar-refractivity contribution in [2.75, 3.05) is 0 Å². The van der Waals surface area contributed by atoms with Crippen molar-refractivity contribution in [2.24, 2.45) is 0 Å². The summed E-state index contributed by atoms with van der Waals surface area (Å²) in [5.74, 6) is 1.03. The van der Waals surface area contributed by atoms with E-state index in [0.717, 1.165) is 11.2 Å². The van der Waals surface area contributed by atoms with Crippen LogP contribution in [0.15, 0.2) is 34.7 Å². The zero-order valence-electron chi connectivity index (χ0n) is 19.2. The maximum Gasteiger partial charge on any atom is 0.533 e. The van der Waals surface area contributed by atoms with Crippen molar-refractivity contribution < 1.29 is 13.7 Å². The summed E-state index contributed by atoms with van der Waals surface area (Å²) in [4.78, 5) is 0. The Labute approximate surface area is 180 Å². The topological polar surface area (TPSA) is 31.6 Å². The highest BCUT2D eigenvalue weighted by Gasteiger charge is 2.54. The van der Waals surface area contributed by atoms with Gasteiger partial charge in [-0.05, 0) is 74.8 Å². The van der Waals surface area contributed by atoms with Crippen LogP contribution >= 0.6 is 0 Å². The molecule has 1 aliphatic carbocycles. The molecule has 2 aliphatic rings. The van der Waals surface area contributed by atoms with E-state index in [1.54, 1.807) is 0 Å². The molecule has 0 spiro atoms. The molecule has 0 bridgehead atoms. The average Bonchev–Trinajstić information content (AvgIpc) is 3.37. The minimum absolute atomic E-state index is 0.377. The van der Waals surface area contributed by atoms with E-state index in [9.17, 15) is 0 Å². The Morgan fingerprint density at radius 2 is 1.60 bits per heavy atom. The molecule has 0 radical (unpaired) electrons. The van der Waals surface area contributed by atoms with Gasteiger partial charge in [-0.15, -0.1) is 0 Å². The molecule has 0 N–H and O–H groups in total. The molecule has 1 aliphatic heterocycles. The molecule has 0 unspecified atom stereocenters. The maximum absolute atomic E-state index is 6.52. The standard InChI is InChI=1S/C26H33BO3/c1-16(2)18-11-13-20-19(15-18)12-14-21-23(20)22(17-9-7-8-10-17)24(28-21)27-29-25(3,4)26(5,6)30-27/h11-17H,7-10H2,1-6H3. The number of fused-ring (bicyclic) bond motifs is 3.